The molecule has 0 aliphatic carbocycles. The first-order valence-electron chi connectivity index (χ1n) is 6.18. The van der Waals surface area contributed by atoms with Crippen LogP contribution in [-0.2, 0) is 11.3 Å². The molecular formula is C13H20BrNO2S. The fraction of sp³-hybridized carbons (Fsp3) is 0.615. The molecular weight excluding hydrogens is 314 g/mol. The largest absolute Gasteiger partial charge is 0.481 e. The second-order valence-electron chi connectivity index (χ2n) is 4.68. The molecule has 0 bridgehead atoms. The molecule has 102 valence electrons. The summed E-state index contributed by atoms with van der Waals surface area (Å²) in [5.74, 6) is -0.926. The monoisotopic (exact) mass is 333 g/mol. The van der Waals surface area contributed by atoms with Crippen molar-refractivity contribution in [3.8, 4) is 0 Å². The van der Waals surface area contributed by atoms with Gasteiger partial charge in [0.2, 0.25) is 0 Å². The van der Waals surface area contributed by atoms with Crippen LogP contribution < -0.4 is 5.32 Å². The number of hydrogen-bond acceptors (Lipinski definition) is 3. The normalized spacial score (nSPS) is 14.4. The number of halogens is 1. The van der Waals surface area contributed by atoms with E-state index in [1.807, 2.05) is 0 Å². The summed E-state index contributed by atoms with van der Waals surface area (Å²) in [5, 5.41) is 14.3. The predicted octanol–water partition coefficient (Wildman–Crippen LogP) is 3.88. The van der Waals surface area contributed by atoms with E-state index >= 15 is 0 Å². The molecule has 2 atom stereocenters. The minimum absolute atomic E-state index is 0.231. The molecule has 1 aromatic heterocycles. The number of nitrogens with one attached hydrogen (secondary N) is 1. The van der Waals surface area contributed by atoms with Crippen molar-refractivity contribution >= 4 is 33.2 Å². The van der Waals surface area contributed by atoms with Gasteiger partial charge >= 0.3 is 5.97 Å². The molecule has 1 heterocycles. The van der Waals surface area contributed by atoms with E-state index in [4.69, 9.17) is 5.11 Å². The van der Waals surface area contributed by atoms with E-state index in [0.717, 1.165) is 30.3 Å². The van der Waals surface area contributed by atoms with Crippen LogP contribution in [0.1, 0.15) is 38.0 Å². The SMILES string of the molecule is CC(CCCC(C)C(=O)O)NCc1cc(Br)cs1. The molecule has 0 amide bonds. The highest BCUT2D eigenvalue weighted by atomic mass is 79.9. The van der Waals surface area contributed by atoms with E-state index in [1.165, 1.54) is 4.88 Å². The lowest BCUT2D eigenvalue weighted by Gasteiger charge is -2.13. The summed E-state index contributed by atoms with van der Waals surface area (Å²) in [4.78, 5) is 12.0. The van der Waals surface area contributed by atoms with Gasteiger partial charge in [-0.25, -0.2) is 0 Å². The highest BCUT2D eigenvalue weighted by Crippen LogP contribution is 2.19. The van der Waals surface area contributed by atoms with Gasteiger partial charge in [0, 0.05) is 27.3 Å². The van der Waals surface area contributed by atoms with Crippen molar-refractivity contribution in [2.24, 2.45) is 5.92 Å². The van der Waals surface area contributed by atoms with Gasteiger partial charge in [-0.1, -0.05) is 13.3 Å². The minimum Gasteiger partial charge on any atom is -0.481 e. The predicted molar refractivity (Wildman–Crippen MR) is 79.0 cm³/mol. The Balaban J connectivity index is 2.14. The van der Waals surface area contributed by atoms with Crippen LogP contribution in [0.2, 0.25) is 0 Å². The van der Waals surface area contributed by atoms with Crippen molar-refractivity contribution in [2.75, 3.05) is 0 Å². The molecule has 2 unspecified atom stereocenters. The van der Waals surface area contributed by atoms with Gasteiger partial charge in [0.05, 0.1) is 5.92 Å². The molecule has 3 nitrogen and oxygen atoms in total. The van der Waals surface area contributed by atoms with Crippen LogP contribution in [0.25, 0.3) is 0 Å². The molecule has 0 aliphatic heterocycles. The zero-order chi connectivity index (χ0) is 13.5. The lowest BCUT2D eigenvalue weighted by molar-refractivity contribution is -0.141. The van der Waals surface area contributed by atoms with E-state index in [0.29, 0.717) is 6.04 Å². The first-order chi connectivity index (χ1) is 8.49. The highest BCUT2D eigenvalue weighted by Gasteiger charge is 2.11. The number of aliphatic carboxylic acids is 1. The van der Waals surface area contributed by atoms with Crippen LogP contribution in [-0.4, -0.2) is 17.1 Å². The summed E-state index contributed by atoms with van der Waals surface area (Å²) in [7, 11) is 0. The van der Waals surface area contributed by atoms with Crippen molar-refractivity contribution in [3.05, 3.63) is 20.8 Å². The molecule has 2 N–H and O–H groups in total. The Hall–Kier alpha value is -0.390. The second-order valence-corrected chi connectivity index (χ2v) is 6.59. The smallest absolute Gasteiger partial charge is 0.306 e. The van der Waals surface area contributed by atoms with Gasteiger partial charge in [-0.15, -0.1) is 11.3 Å². The van der Waals surface area contributed by atoms with E-state index in [2.05, 4.69) is 39.6 Å². The molecule has 0 aliphatic rings. The number of rotatable bonds is 8. The maximum absolute atomic E-state index is 10.7. The van der Waals surface area contributed by atoms with E-state index < -0.39 is 5.97 Å². The summed E-state index contributed by atoms with van der Waals surface area (Å²) in [6.07, 6.45) is 2.73. The van der Waals surface area contributed by atoms with E-state index in [-0.39, 0.29) is 5.92 Å². The Kier molecular flexibility index (Phi) is 6.89. The summed E-state index contributed by atoms with van der Waals surface area (Å²) in [5.41, 5.74) is 0. The van der Waals surface area contributed by atoms with Gasteiger partial charge in [-0.2, -0.15) is 0 Å². The fourth-order valence-electron chi connectivity index (χ4n) is 1.68. The Bertz CT molecular complexity index is 381. The van der Waals surface area contributed by atoms with E-state index in [1.54, 1.807) is 18.3 Å². The van der Waals surface area contributed by atoms with Gasteiger partial charge in [0.15, 0.2) is 0 Å². The Labute approximate surface area is 121 Å². The maximum atomic E-state index is 10.7. The zero-order valence-electron chi connectivity index (χ0n) is 10.8. The lowest BCUT2D eigenvalue weighted by atomic mass is 10.0. The number of carbonyl (C=O) groups is 1. The van der Waals surface area contributed by atoms with Gasteiger partial charge in [0.25, 0.3) is 0 Å². The Morgan fingerprint density at radius 1 is 1.50 bits per heavy atom. The van der Waals surface area contributed by atoms with Crippen LogP contribution in [0.5, 0.6) is 0 Å². The fourth-order valence-corrected chi connectivity index (χ4v) is 3.08. The maximum Gasteiger partial charge on any atom is 0.306 e. The van der Waals surface area contributed by atoms with Gasteiger partial charge in [-0.3, -0.25) is 4.79 Å². The first kappa shape index (κ1) is 15.7. The topological polar surface area (TPSA) is 49.3 Å². The summed E-state index contributed by atoms with van der Waals surface area (Å²) < 4.78 is 1.13. The molecule has 0 fully saturated rings. The molecule has 0 saturated carbocycles. The zero-order valence-corrected chi connectivity index (χ0v) is 13.2. The number of thiophene rings is 1. The van der Waals surface area contributed by atoms with Crippen LogP contribution in [0.15, 0.2) is 15.9 Å². The second kappa shape index (κ2) is 7.92. The number of carboxylic acids is 1. The molecule has 1 aromatic rings. The van der Waals surface area contributed by atoms with Crippen molar-refractivity contribution in [3.63, 3.8) is 0 Å². The molecule has 0 radical (unpaired) electrons. The van der Waals surface area contributed by atoms with Gasteiger partial charge in [-0.05, 0) is 41.8 Å². The van der Waals surface area contributed by atoms with Crippen molar-refractivity contribution in [1.82, 2.24) is 5.32 Å². The molecule has 5 heteroatoms. The summed E-state index contributed by atoms with van der Waals surface area (Å²) in [6.45, 7) is 4.80. The number of hydrogen-bond donors (Lipinski definition) is 2. The third-order valence-corrected chi connectivity index (χ3v) is 4.64. The quantitative estimate of drug-likeness (QED) is 0.758. The third-order valence-electron chi connectivity index (χ3n) is 2.94. The number of carboxylic acid groups (broad SMARTS) is 1. The lowest BCUT2D eigenvalue weighted by Crippen LogP contribution is -2.25. The highest BCUT2D eigenvalue weighted by molar-refractivity contribution is 9.10. The van der Waals surface area contributed by atoms with Gasteiger partial charge < -0.3 is 10.4 Å². The Morgan fingerprint density at radius 3 is 2.78 bits per heavy atom. The van der Waals surface area contributed by atoms with Crippen LogP contribution in [0, 0.1) is 5.92 Å². The summed E-state index contributed by atoms with van der Waals surface area (Å²) in [6, 6.07) is 2.54. The third kappa shape index (κ3) is 5.98. The van der Waals surface area contributed by atoms with Crippen molar-refractivity contribution in [1.29, 1.82) is 0 Å². The average Bonchev–Trinajstić information content (AvgIpc) is 2.72. The molecule has 0 saturated heterocycles. The molecule has 0 spiro atoms. The van der Waals surface area contributed by atoms with Crippen LogP contribution >= 0.6 is 27.3 Å². The Morgan fingerprint density at radius 2 is 2.22 bits per heavy atom. The summed E-state index contributed by atoms with van der Waals surface area (Å²) >= 11 is 5.17. The van der Waals surface area contributed by atoms with Crippen molar-refractivity contribution < 1.29 is 9.90 Å². The van der Waals surface area contributed by atoms with Crippen LogP contribution in [0.3, 0.4) is 0 Å². The van der Waals surface area contributed by atoms with Gasteiger partial charge in [0.1, 0.15) is 0 Å². The molecule has 0 aromatic carbocycles. The molecule has 18 heavy (non-hydrogen) atoms. The first-order valence-corrected chi connectivity index (χ1v) is 7.85. The molecule has 1 rings (SSSR count). The average molecular weight is 334 g/mol. The minimum atomic E-state index is -0.695. The van der Waals surface area contributed by atoms with Crippen molar-refractivity contribution in [2.45, 2.75) is 45.7 Å². The standard InChI is InChI=1S/C13H20BrNO2S/c1-9(13(16)17)4-3-5-10(2)15-7-12-6-11(14)8-18-12/h6,8-10,15H,3-5,7H2,1-2H3,(H,16,17). The van der Waals surface area contributed by atoms with Crippen LogP contribution in [0.4, 0.5) is 0 Å². The van der Waals surface area contributed by atoms with E-state index in [9.17, 15) is 4.79 Å².